The van der Waals surface area contributed by atoms with Crippen molar-refractivity contribution in [2.45, 2.75) is 19.9 Å². The lowest BCUT2D eigenvalue weighted by atomic mass is 10.1. The lowest BCUT2D eigenvalue weighted by molar-refractivity contribution is 0.285. The van der Waals surface area contributed by atoms with E-state index in [1.807, 2.05) is 30.3 Å². The smallest absolute Gasteiger partial charge is 0.323 e. The quantitative estimate of drug-likeness (QED) is 0.718. The van der Waals surface area contributed by atoms with E-state index in [2.05, 4.69) is 51.1 Å². The minimum atomic E-state index is 0.626. The van der Waals surface area contributed by atoms with Crippen LogP contribution in [0, 0.1) is 6.92 Å². The number of rotatable bonds is 4. The number of nitrogens with zero attached hydrogens (tertiary/aromatic N) is 4. The van der Waals surface area contributed by atoms with Gasteiger partial charge in [-0.3, -0.25) is 4.90 Å². The summed E-state index contributed by atoms with van der Waals surface area (Å²) in [4.78, 5) is 9.30. The molecular weight excluding hydrogens is 324 g/mol. The molecule has 4 rings (SSSR count). The van der Waals surface area contributed by atoms with E-state index >= 15 is 0 Å². The monoisotopic (exact) mass is 348 g/mol. The maximum atomic E-state index is 5.53. The second kappa shape index (κ2) is 7.70. The molecule has 0 N–H and O–H groups in total. The first-order chi connectivity index (χ1) is 12.8. The van der Waals surface area contributed by atoms with Crippen LogP contribution in [-0.4, -0.2) is 41.2 Å². The van der Waals surface area contributed by atoms with Gasteiger partial charge in [-0.2, -0.15) is 4.98 Å². The number of aryl methyl sites for hydroxylation is 1. The Kier molecular flexibility index (Phi) is 4.97. The van der Waals surface area contributed by atoms with Crippen molar-refractivity contribution in [3.05, 3.63) is 65.7 Å². The average Bonchev–Trinajstić information content (AvgIpc) is 3.05. The summed E-state index contributed by atoms with van der Waals surface area (Å²) in [6, 6.07) is 19.4. The van der Waals surface area contributed by atoms with Crippen molar-refractivity contribution in [1.29, 1.82) is 0 Å². The third-order valence-electron chi connectivity index (χ3n) is 4.83. The summed E-state index contributed by atoms with van der Waals surface area (Å²) in [6.45, 7) is 7.05. The van der Waals surface area contributed by atoms with Gasteiger partial charge in [0.15, 0.2) is 0 Å². The van der Waals surface area contributed by atoms with Crippen LogP contribution in [0.15, 0.2) is 59.1 Å². The van der Waals surface area contributed by atoms with Gasteiger partial charge in [-0.05, 0) is 18.9 Å². The molecule has 0 amide bonds. The highest BCUT2D eigenvalue weighted by molar-refractivity contribution is 5.55. The van der Waals surface area contributed by atoms with Crippen LogP contribution < -0.4 is 4.90 Å². The zero-order valence-corrected chi connectivity index (χ0v) is 15.1. The Balaban J connectivity index is 1.39. The van der Waals surface area contributed by atoms with Crippen LogP contribution >= 0.6 is 0 Å². The van der Waals surface area contributed by atoms with Gasteiger partial charge >= 0.3 is 6.01 Å². The third-order valence-corrected chi connectivity index (χ3v) is 4.83. The molecule has 3 aromatic rings. The molecular formula is C21H24N4O. The second-order valence-corrected chi connectivity index (χ2v) is 6.87. The van der Waals surface area contributed by atoms with Crippen LogP contribution in [0.5, 0.6) is 0 Å². The standard InChI is InChI=1S/C21H24N4O/c1-17-8-10-18(11-9-17)16-24-12-5-13-25(15-14-24)21-22-20(23-26-21)19-6-3-2-4-7-19/h2-4,6-11H,5,12-16H2,1H3. The van der Waals surface area contributed by atoms with Gasteiger partial charge in [0, 0.05) is 38.3 Å². The van der Waals surface area contributed by atoms with Crippen LogP contribution in [-0.2, 0) is 6.54 Å². The Morgan fingerprint density at radius 1 is 0.923 bits per heavy atom. The summed E-state index contributed by atoms with van der Waals surface area (Å²) in [5, 5.41) is 4.15. The zero-order chi connectivity index (χ0) is 17.8. The molecule has 1 aliphatic heterocycles. The SMILES string of the molecule is Cc1ccc(CN2CCCN(c3nc(-c4ccccc4)no3)CC2)cc1. The van der Waals surface area contributed by atoms with Gasteiger partial charge in [0.25, 0.3) is 0 Å². The molecule has 0 bridgehead atoms. The largest absolute Gasteiger partial charge is 0.324 e. The molecule has 1 fully saturated rings. The molecule has 1 saturated heterocycles. The number of anilines is 1. The molecule has 0 saturated carbocycles. The van der Waals surface area contributed by atoms with Gasteiger partial charge in [0.2, 0.25) is 5.82 Å². The third kappa shape index (κ3) is 3.94. The minimum Gasteiger partial charge on any atom is -0.323 e. The fourth-order valence-electron chi connectivity index (χ4n) is 3.32. The summed E-state index contributed by atoms with van der Waals surface area (Å²) in [5.74, 6) is 0.654. The van der Waals surface area contributed by atoms with Crippen molar-refractivity contribution < 1.29 is 4.52 Å². The topological polar surface area (TPSA) is 45.4 Å². The van der Waals surface area contributed by atoms with Crippen molar-refractivity contribution >= 4 is 6.01 Å². The molecule has 5 nitrogen and oxygen atoms in total. The zero-order valence-electron chi connectivity index (χ0n) is 15.1. The number of hydrogen-bond donors (Lipinski definition) is 0. The van der Waals surface area contributed by atoms with E-state index in [9.17, 15) is 0 Å². The lowest BCUT2D eigenvalue weighted by Gasteiger charge is -2.20. The fraction of sp³-hybridized carbons (Fsp3) is 0.333. The summed E-state index contributed by atoms with van der Waals surface area (Å²) in [7, 11) is 0. The fourth-order valence-corrected chi connectivity index (χ4v) is 3.32. The molecule has 0 aliphatic carbocycles. The Labute approximate surface area is 154 Å². The highest BCUT2D eigenvalue weighted by Crippen LogP contribution is 2.21. The Morgan fingerprint density at radius 3 is 2.54 bits per heavy atom. The summed E-state index contributed by atoms with van der Waals surface area (Å²) in [6.07, 6.45) is 1.09. The van der Waals surface area contributed by atoms with Crippen molar-refractivity contribution in [2.24, 2.45) is 0 Å². The first kappa shape index (κ1) is 16.8. The highest BCUT2D eigenvalue weighted by Gasteiger charge is 2.20. The van der Waals surface area contributed by atoms with Crippen LogP contribution in [0.2, 0.25) is 0 Å². The Bertz CT molecular complexity index is 829. The van der Waals surface area contributed by atoms with E-state index in [4.69, 9.17) is 4.52 Å². The normalized spacial score (nSPS) is 15.8. The molecule has 0 radical (unpaired) electrons. The van der Waals surface area contributed by atoms with E-state index in [0.29, 0.717) is 11.8 Å². The van der Waals surface area contributed by atoms with Crippen LogP contribution in [0.25, 0.3) is 11.4 Å². The van der Waals surface area contributed by atoms with E-state index in [1.54, 1.807) is 0 Å². The Morgan fingerprint density at radius 2 is 1.73 bits per heavy atom. The molecule has 0 unspecified atom stereocenters. The number of hydrogen-bond acceptors (Lipinski definition) is 5. The predicted octanol–water partition coefficient (Wildman–Crippen LogP) is 3.76. The van der Waals surface area contributed by atoms with E-state index in [-0.39, 0.29) is 0 Å². The molecule has 0 spiro atoms. The van der Waals surface area contributed by atoms with Gasteiger partial charge in [0.05, 0.1) is 0 Å². The first-order valence-electron chi connectivity index (χ1n) is 9.20. The average molecular weight is 348 g/mol. The molecule has 26 heavy (non-hydrogen) atoms. The summed E-state index contributed by atoms with van der Waals surface area (Å²) >= 11 is 0. The number of aromatic nitrogens is 2. The molecule has 2 heterocycles. The molecule has 5 heteroatoms. The van der Waals surface area contributed by atoms with Gasteiger partial charge < -0.3 is 9.42 Å². The Hall–Kier alpha value is -2.66. The van der Waals surface area contributed by atoms with Crippen LogP contribution in [0.4, 0.5) is 6.01 Å². The first-order valence-corrected chi connectivity index (χ1v) is 9.20. The molecule has 1 aliphatic rings. The van der Waals surface area contributed by atoms with Crippen molar-refractivity contribution in [2.75, 3.05) is 31.1 Å². The molecule has 0 atom stereocenters. The van der Waals surface area contributed by atoms with Crippen LogP contribution in [0.1, 0.15) is 17.5 Å². The molecule has 134 valence electrons. The predicted molar refractivity (Wildman–Crippen MR) is 103 cm³/mol. The van der Waals surface area contributed by atoms with E-state index in [0.717, 1.165) is 44.7 Å². The molecule has 1 aromatic heterocycles. The minimum absolute atomic E-state index is 0.626. The van der Waals surface area contributed by atoms with Crippen molar-refractivity contribution in [1.82, 2.24) is 15.0 Å². The second-order valence-electron chi connectivity index (χ2n) is 6.87. The van der Waals surface area contributed by atoms with E-state index in [1.165, 1.54) is 11.1 Å². The van der Waals surface area contributed by atoms with E-state index < -0.39 is 0 Å². The van der Waals surface area contributed by atoms with Gasteiger partial charge in [-0.25, -0.2) is 0 Å². The number of benzene rings is 2. The highest BCUT2D eigenvalue weighted by atomic mass is 16.5. The maximum Gasteiger partial charge on any atom is 0.324 e. The summed E-state index contributed by atoms with van der Waals surface area (Å²) in [5.41, 5.74) is 3.66. The van der Waals surface area contributed by atoms with Crippen molar-refractivity contribution in [3.63, 3.8) is 0 Å². The maximum absolute atomic E-state index is 5.53. The van der Waals surface area contributed by atoms with Gasteiger partial charge in [0.1, 0.15) is 0 Å². The van der Waals surface area contributed by atoms with Gasteiger partial charge in [-0.1, -0.05) is 65.3 Å². The molecule has 2 aromatic carbocycles. The van der Waals surface area contributed by atoms with Crippen molar-refractivity contribution in [3.8, 4) is 11.4 Å². The van der Waals surface area contributed by atoms with Crippen LogP contribution in [0.3, 0.4) is 0 Å². The van der Waals surface area contributed by atoms with Gasteiger partial charge in [-0.15, -0.1) is 0 Å². The lowest BCUT2D eigenvalue weighted by Crippen LogP contribution is -2.30. The summed E-state index contributed by atoms with van der Waals surface area (Å²) < 4.78 is 5.53.